The number of quaternary nitrogens is 1. The van der Waals surface area contributed by atoms with E-state index >= 15 is 0 Å². The van der Waals surface area contributed by atoms with Crippen LogP contribution in [0, 0.1) is 4.77 Å². The lowest BCUT2D eigenvalue weighted by Gasteiger charge is -2.27. The average Bonchev–Trinajstić information content (AvgIpc) is 3.03. The van der Waals surface area contributed by atoms with E-state index in [9.17, 15) is 0 Å². The number of rotatable bonds is 8. The Balaban J connectivity index is 1.74. The third kappa shape index (κ3) is 4.48. The van der Waals surface area contributed by atoms with E-state index in [2.05, 4.69) is 29.5 Å². The fourth-order valence-electron chi connectivity index (χ4n) is 3.46. The van der Waals surface area contributed by atoms with E-state index < -0.39 is 0 Å². The summed E-state index contributed by atoms with van der Waals surface area (Å²) < 4.78 is 21.0. The third-order valence-corrected chi connectivity index (χ3v) is 5.32. The molecule has 0 aliphatic carbocycles. The first-order valence-electron chi connectivity index (χ1n) is 9.59. The minimum atomic E-state index is 0.692. The first-order chi connectivity index (χ1) is 13.6. The molecule has 0 spiro atoms. The summed E-state index contributed by atoms with van der Waals surface area (Å²) in [6.07, 6.45) is 0. The Labute approximate surface area is 171 Å². The van der Waals surface area contributed by atoms with Crippen molar-refractivity contribution in [3.8, 4) is 11.5 Å². The van der Waals surface area contributed by atoms with Gasteiger partial charge in [0.15, 0.2) is 18.2 Å². The molecule has 0 saturated carbocycles. The van der Waals surface area contributed by atoms with E-state index in [1.807, 2.05) is 16.8 Å². The number of morpholine rings is 1. The number of hydrogen-bond acceptors (Lipinski definition) is 6. The molecule has 2 aromatic rings. The highest BCUT2D eigenvalue weighted by Crippen LogP contribution is 2.27. The number of anilines is 1. The Morgan fingerprint density at radius 2 is 1.89 bits per heavy atom. The van der Waals surface area contributed by atoms with Crippen molar-refractivity contribution in [3.05, 3.63) is 28.5 Å². The van der Waals surface area contributed by atoms with Crippen LogP contribution in [0.3, 0.4) is 0 Å². The highest BCUT2D eigenvalue weighted by molar-refractivity contribution is 7.71. The molecule has 3 rings (SSSR count). The Hall–Kier alpha value is -2.10. The number of nitrogens with one attached hydrogen (secondary N) is 1. The minimum absolute atomic E-state index is 0.692. The molecular formula is C19H30N5O3S+. The van der Waals surface area contributed by atoms with Crippen molar-refractivity contribution in [2.24, 2.45) is 0 Å². The lowest BCUT2D eigenvalue weighted by atomic mass is 10.2. The minimum Gasteiger partial charge on any atom is -0.493 e. The van der Waals surface area contributed by atoms with Crippen LogP contribution < -0.4 is 19.3 Å². The Bertz CT molecular complexity index is 845. The van der Waals surface area contributed by atoms with Crippen molar-refractivity contribution in [2.45, 2.75) is 26.7 Å². The molecule has 0 amide bonds. The van der Waals surface area contributed by atoms with Crippen molar-refractivity contribution >= 4 is 18.2 Å². The monoisotopic (exact) mass is 408 g/mol. The number of hydrogen-bond donors (Lipinski definition) is 1. The number of aromatic nitrogens is 3. The third-order valence-electron chi connectivity index (χ3n) is 4.89. The fraction of sp³-hybridized carbons (Fsp3) is 0.579. The zero-order valence-electron chi connectivity index (χ0n) is 17.1. The molecule has 9 heteroatoms. The van der Waals surface area contributed by atoms with Crippen molar-refractivity contribution in [3.63, 3.8) is 0 Å². The van der Waals surface area contributed by atoms with E-state index in [1.165, 1.54) is 10.5 Å². The molecule has 8 nitrogen and oxygen atoms in total. The zero-order valence-corrected chi connectivity index (χ0v) is 17.9. The number of nitrogens with zero attached hydrogens (tertiary/aromatic N) is 4. The zero-order chi connectivity index (χ0) is 20.1. The summed E-state index contributed by atoms with van der Waals surface area (Å²) in [5, 5.41) is 4.83. The molecule has 1 fully saturated rings. The molecule has 1 unspecified atom stereocenters. The second kappa shape index (κ2) is 9.40. The molecule has 0 bridgehead atoms. The van der Waals surface area contributed by atoms with Crippen molar-refractivity contribution in [1.82, 2.24) is 14.3 Å². The number of methoxy groups -OCH3 is 2. The van der Waals surface area contributed by atoms with Crippen molar-refractivity contribution in [1.29, 1.82) is 0 Å². The summed E-state index contributed by atoms with van der Waals surface area (Å²) in [5.74, 6) is 2.42. The van der Waals surface area contributed by atoms with Gasteiger partial charge < -0.3 is 24.0 Å². The highest BCUT2D eigenvalue weighted by atomic mass is 32.1. The van der Waals surface area contributed by atoms with Gasteiger partial charge in [0.25, 0.3) is 0 Å². The van der Waals surface area contributed by atoms with Gasteiger partial charge in [-0.25, -0.2) is 0 Å². The van der Waals surface area contributed by atoms with Gasteiger partial charge in [0, 0.05) is 25.2 Å². The summed E-state index contributed by atoms with van der Waals surface area (Å²) in [7, 11) is 5.44. The predicted octanol–water partition coefficient (Wildman–Crippen LogP) is 0.960. The van der Waals surface area contributed by atoms with Crippen LogP contribution in [0.5, 0.6) is 11.5 Å². The molecule has 154 valence electrons. The van der Waals surface area contributed by atoms with Gasteiger partial charge in [0.2, 0.25) is 10.7 Å². The molecule has 1 saturated heterocycles. The molecule has 28 heavy (non-hydrogen) atoms. The first kappa shape index (κ1) is 20.6. The molecular weight excluding hydrogens is 378 g/mol. The molecule has 0 radical (unpaired) electrons. The van der Waals surface area contributed by atoms with Gasteiger partial charge in [-0.3, -0.25) is 4.57 Å². The van der Waals surface area contributed by atoms with E-state index in [4.69, 9.17) is 31.5 Å². The van der Waals surface area contributed by atoms with Crippen LogP contribution in [0.25, 0.3) is 0 Å². The Morgan fingerprint density at radius 1 is 1.18 bits per heavy atom. The second-order valence-corrected chi connectivity index (χ2v) is 7.27. The largest absolute Gasteiger partial charge is 0.493 e. The molecule has 2 heterocycles. The summed E-state index contributed by atoms with van der Waals surface area (Å²) in [4.78, 5) is 3.53. The molecule has 1 aliphatic rings. The normalized spacial score (nSPS) is 15.5. The highest BCUT2D eigenvalue weighted by Gasteiger charge is 2.20. The van der Waals surface area contributed by atoms with Gasteiger partial charge in [-0.15, -0.1) is 5.10 Å². The topological polar surface area (TPSA) is 58.1 Å². The summed E-state index contributed by atoms with van der Waals surface area (Å²) in [6, 6.07) is 6.02. The standard InChI is InChI=1S/C19H29N5O3S/c1-5-23-18(22-8-10-27-11-9-22)20-24(19(23)28)14-21(2)13-15-6-7-16(25-3)17(12-15)26-4/h6-7,12H,5,8-11,13-14H2,1-4H3/p+1. The summed E-state index contributed by atoms with van der Waals surface area (Å²) in [5.41, 5.74) is 1.17. The quantitative estimate of drug-likeness (QED) is 0.657. The molecule has 1 N–H and O–H groups in total. The van der Waals surface area contributed by atoms with E-state index in [-0.39, 0.29) is 0 Å². The Kier molecular flexibility index (Phi) is 6.93. The molecule has 1 aromatic carbocycles. The first-order valence-corrected chi connectivity index (χ1v) is 10.0. The van der Waals surface area contributed by atoms with Crippen molar-refractivity contribution in [2.75, 3.05) is 52.5 Å². The van der Waals surface area contributed by atoms with E-state index in [0.717, 1.165) is 61.6 Å². The summed E-state index contributed by atoms with van der Waals surface area (Å²) in [6.45, 7) is 7.58. The maximum absolute atomic E-state index is 5.69. The SMILES string of the molecule is CCn1c(N2CCOCC2)nn(C[NH+](C)Cc2ccc(OC)c(OC)c2)c1=S. The van der Waals surface area contributed by atoms with Gasteiger partial charge >= 0.3 is 0 Å². The van der Waals surface area contributed by atoms with Crippen molar-refractivity contribution < 1.29 is 19.1 Å². The average molecular weight is 409 g/mol. The van der Waals surface area contributed by atoms with Gasteiger partial charge in [0.1, 0.15) is 6.54 Å². The molecule has 1 aromatic heterocycles. The number of ether oxygens (including phenoxy) is 3. The van der Waals surface area contributed by atoms with Gasteiger partial charge in [-0.1, -0.05) is 0 Å². The van der Waals surface area contributed by atoms with Crippen LogP contribution >= 0.6 is 12.2 Å². The maximum atomic E-state index is 5.69. The maximum Gasteiger partial charge on any atom is 0.226 e. The van der Waals surface area contributed by atoms with E-state index in [0.29, 0.717) is 6.67 Å². The van der Waals surface area contributed by atoms with Crippen LogP contribution in [-0.2, 0) is 24.5 Å². The molecule has 1 aliphatic heterocycles. The lowest BCUT2D eigenvalue weighted by molar-refractivity contribution is -0.917. The Morgan fingerprint density at radius 3 is 2.54 bits per heavy atom. The van der Waals surface area contributed by atoms with E-state index in [1.54, 1.807) is 14.2 Å². The van der Waals surface area contributed by atoms with Gasteiger partial charge in [-0.05, 0) is 37.3 Å². The van der Waals surface area contributed by atoms with Crippen LogP contribution in [-0.4, -0.2) is 61.9 Å². The fourth-order valence-corrected chi connectivity index (χ4v) is 3.77. The molecule has 1 atom stereocenters. The predicted molar refractivity (Wildman–Crippen MR) is 110 cm³/mol. The lowest BCUT2D eigenvalue weighted by Crippen LogP contribution is -3.07. The second-order valence-electron chi connectivity index (χ2n) is 6.91. The van der Waals surface area contributed by atoms with Crippen LogP contribution in [0.15, 0.2) is 18.2 Å². The van der Waals surface area contributed by atoms with Crippen LogP contribution in [0.2, 0.25) is 0 Å². The van der Waals surface area contributed by atoms with Gasteiger partial charge in [0.05, 0.1) is 34.5 Å². The smallest absolute Gasteiger partial charge is 0.226 e. The number of benzene rings is 1. The summed E-state index contributed by atoms with van der Waals surface area (Å²) >= 11 is 5.69. The van der Waals surface area contributed by atoms with Crippen LogP contribution in [0.4, 0.5) is 5.95 Å². The van der Waals surface area contributed by atoms with Gasteiger partial charge in [-0.2, -0.15) is 4.68 Å². The van der Waals surface area contributed by atoms with Crippen LogP contribution in [0.1, 0.15) is 12.5 Å².